The Hall–Kier alpha value is -2.12. The van der Waals surface area contributed by atoms with Gasteiger partial charge in [-0.05, 0) is 18.2 Å². The van der Waals surface area contributed by atoms with E-state index in [-0.39, 0.29) is 10.7 Å². The van der Waals surface area contributed by atoms with Gasteiger partial charge in [-0.1, -0.05) is 18.2 Å². The number of aromatic nitrogens is 1. The van der Waals surface area contributed by atoms with E-state index in [2.05, 4.69) is 9.71 Å². The molecule has 0 spiro atoms. The van der Waals surface area contributed by atoms with E-state index in [1.165, 1.54) is 18.3 Å². The minimum absolute atomic E-state index is 0.0378. The molecule has 6 nitrogen and oxygen atoms in total. The Kier molecular flexibility index (Phi) is 4.21. The molecule has 20 heavy (non-hydrogen) atoms. The fourth-order valence-electron chi connectivity index (χ4n) is 1.73. The monoisotopic (exact) mass is 293 g/mol. The second-order valence-electron chi connectivity index (χ2n) is 4.08. The number of hydrogen-bond acceptors (Lipinski definition) is 5. The van der Waals surface area contributed by atoms with Crippen molar-refractivity contribution >= 4 is 21.5 Å². The SMILES string of the molecule is COCc1ccccc1NS(=O)(=O)c1cccnc1N. The van der Waals surface area contributed by atoms with Gasteiger partial charge in [0, 0.05) is 18.9 Å². The Bertz CT molecular complexity index is 702. The maximum atomic E-state index is 12.3. The average molecular weight is 293 g/mol. The molecule has 0 bridgehead atoms. The molecule has 0 fully saturated rings. The second kappa shape index (κ2) is 5.89. The Morgan fingerprint density at radius 1 is 1.25 bits per heavy atom. The highest BCUT2D eigenvalue weighted by molar-refractivity contribution is 7.92. The zero-order valence-corrected chi connectivity index (χ0v) is 11.7. The smallest absolute Gasteiger partial charge is 0.265 e. The molecule has 2 aromatic rings. The number of nitrogens with zero attached hydrogens (tertiary/aromatic N) is 1. The number of nitrogen functional groups attached to an aromatic ring is 1. The van der Waals surface area contributed by atoms with Crippen molar-refractivity contribution in [2.45, 2.75) is 11.5 Å². The van der Waals surface area contributed by atoms with Crippen molar-refractivity contribution in [3.05, 3.63) is 48.2 Å². The van der Waals surface area contributed by atoms with E-state index in [1.54, 1.807) is 25.3 Å². The summed E-state index contributed by atoms with van der Waals surface area (Å²) in [6, 6.07) is 9.93. The number of methoxy groups -OCH3 is 1. The van der Waals surface area contributed by atoms with Crippen LogP contribution < -0.4 is 10.5 Å². The maximum absolute atomic E-state index is 12.3. The summed E-state index contributed by atoms with van der Waals surface area (Å²) in [6.07, 6.45) is 1.44. The second-order valence-corrected chi connectivity index (χ2v) is 5.73. The Morgan fingerprint density at radius 3 is 2.70 bits per heavy atom. The molecule has 0 atom stereocenters. The van der Waals surface area contributed by atoms with Crippen molar-refractivity contribution < 1.29 is 13.2 Å². The van der Waals surface area contributed by atoms with Crippen molar-refractivity contribution in [1.82, 2.24) is 4.98 Å². The number of pyridine rings is 1. The van der Waals surface area contributed by atoms with Crippen LogP contribution in [0.5, 0.6) is 0 Å². The summed E-state index contributed by atoms with van der Waals surface area (Å²) >= 11 is 0. The zero-order valence-electron chi connectivity index (χ0n) is 10.9. The lowest BCUT2D eigenvalue weighted by Gasteiger charge is -2.12. The summed E-state index contributed by atoms with van der Waals surface area (Å²) in [7, 11) is -2.23. The molecule has 0 aliphatic rings. The molecule has 0 unspecified atom stereocenters. The molecular weight excluding hydrogens is 278 g/mol. The van der Waals surface area contributed by atoms with Crippen LogP contribution in [0, 0.1) is 0 Å². The number of hydrogen-bond donors (Lipinski definition) is 2. The van der Waals surface area contributed by atoms with Gasteiger partial charge in [0.15, 0.2) is 0 Å². The molecule has 1 heterocycles. The highest BCUT2D eigenvalue weighted by Crippen LogP contribution is 2.22. The molecule has 0 saturated heterocycles. The molecule has 1 aromatic carbocycles. The molecule has 0 aliphatic carbocycles. The highest BCUT2D eigenvalue weighted by atomic mass is 32.2. The molecule has 3 N–H and O–H groups in total. The molecule has 0 amide bonds. The van der Waals surface area contributed by atoms with E-state index in [9.17, 15) is 8.42 Å². The number of ether oxygens (including phenoxy) is 1. The maximum Gasteiger partial charge on any atom is 0.265 e. The summed E-state index contributed by atoms with van der Waals surface area (Å²) in [5.41, 5.74) is 6.80. The quantitative estimate of drug-likeness (QED) is 0.873. The predicted octanol–water partition coefficient (Wildman–Crippen LogP) is 1.61. The predicted molar refractivity (Wildman–Crippen MR) is 76.6 cm³/mol. The van der Waals surface area contributed by atoms with E-state index in [0.717, 1.165) is 5.56 Å². The summed E-state index contributed by atoms with van der Waals surface area (Å²) in [6.45, 7) is 0.307. The number of sulfonamides is 1. The first-order valence-corrected chi connectivity index (χ1v) is 7.33. The molecule has 2 rings (SSSR count). The van der Waals surface area contributed by atoms with Crippen molar-refractivity contribution in [1.29, 1.82) is 0 Å². The molecule has 0 saturated carbocycles. The fraction of sp³-hybridized carbons (Fsp3) is 0.154. The van der Waals surface area contributed by atoms with Crippen LogP contribution in [0.1, 0.15) is 5.56 Å². The minimum Gasteiger partial charge on any atom is -0.383 e. The third-order valence-electron chi connectivity index (χ3n) is 2.65. The highest BCUT2D eigenvalue weighted by Gasteiger charge is 2.19. The third-order valence-corrected chi connectivity index (χ3v) is 4.06. The summed E-state index contributed by atoms with van der Waals surface area (Å²) < 4.78 is 32.2. The first kappa shape index (κ1) is 14.3. The lowest BCUT2D eigenvalue weighted by Crippen LogP contribution is -2.16. The number of rotatable bonds is 5. The first-order valence-electron chi connectivity index (χ1n) is 5.85. The lowest BCUT2D eigenvalue weighted by molar-refractivity contribution is 0.185. The summed E-state index contributed by atoms with van der Waals surface area (Å²) in [5.74, 6) is -0.0378. The van der Waals surface area contributed by atoms with Crippen molar-refractivity contribution in [2.75, 3.05) is 17.6 Å². The van der Waals surface area contributed by atoms with E-state index < -0.39 is 10.0 Å². The van der Waals surface area contributed by atoms with Crippen LogP contribution in [-0.2, 0) is 21.4 Å². The van der Waals surface area contributed by atoms with Crippen molar-refractivity contribution in [2.24, 2.45) is 0 Å². The van der Waals surface area contributed by atoms with Crippen LogP contribution in [0.2, 0.25) is 0 Å². The first-order chi connectivity index (χ1) is 9.54. The van der Waals surface area contributed by atoms with E-state index in [0.29, 0.717) is 12.3 Å². The van der Waals surface area contributed by atoms with Crippen LogP contribution in [0.4, 0.5) is 11.5 Å². The zero-order chi connectivity index (χ0) is 14.6. The van der Waals surface area contributed by atoms with Crippen LogP contribution in [0.3, 0.4) is 0 Å². The number of anilines is 2. The summed E-state index contributed by atoms with van der Waals surface area (Å²) in [4.78, 5) is 3.73. The van der Waals surface area contributed by atoms with Crippen molar-refractivity contribution in [3.63, 3.8) is 0 Å². The van der Waals surface area contributed by atoms with Crippen LogP contribution in [0.25, 0.3) is 0 Å². The van der Waals surface area contributed by atoms with Gasteiger partial charge >= 0.3 is 0 Å². The van der Waals surface area contributed by atoms with E-state index in [4.69, 9.17) is 10.5 Å². The van der Waals surface area contributed by atoms with E-state index >= 15 is 0 Å². The fourth-order valence-corrected chi connectivity index (χ4v) is 2.92. The summed E-state index contributed by atoms with van der Waals surface area (Å²) in [5, 5.41) is 0. The van der Waals surface area contributed by atoms with Gasteiger partial charge in [0.2, 0.25) is 0 Å². The number of nitrogens with two attached hydrogens (primary N) is 1. The molecular formula is C13H15N3O3S. The topological polar surface area (TPSA) is 94.3 Å². The molecule has 0 radical (unpaired) electrons. The van der Waals surface area contributed by atoms with Gasteiger partial charge < -0.3 is 10.5 Å². The van der Waals surface area contributed by atoms with Crippen molar-refractivity contribution in [3.8, 4) is 0 Å². The molecule has 1 aromatic heterocycles. The Morgan fingerprint density at radius 2 is 2.00 bits per heavy atom. The van der Waals surface area contributed by atoms with E-state index in [1.807, 2.05) is 6.07 Å². The number of para-hydroxylation sites is 1. The van der Waals surface area contributed by atoms with Crippen LogP contribution >= 0.6 is 0 Å². The van der Waals surface area contributed by atoms with Gasteiger partial charge in [-0.3, -0.25) is 4.72 Å². The number of benzene rings is 1. The van der Waals surface area contributed by atoms with Crippen LogP contribution in [0.15, 0.2) is 47.5 Å². The largest absolute Gasteiger partial charge is 0.383 e. The third kappa shape index (κ3) is 3.06. The molecule has 0 aliphatic heterocycles. The average Bonchev–Trinajstić information content (AvgIpc) is 2.41. The van der Waals surface area contributed by atoms with Gasteiger partial charge in [0.25, 0.3) is 10.0 Å². The van der Waals surface area contributed by atoms with Gasteiger partial charge in [0.1, 0.15) is 10.7 Å². The Balaban J connectivity index is 2.37. The molecule has 7 heteroatoms. The minimum atomic E-state index is -3.78. The van der Waals surface area contributed by atoms with Crippen LogP contribution in [-0.4, -0.2) is 20.5 Å². The van der Waals surface area contributed by atoms with Gasteiger partial charge in [-0.2, -0.15) is 0 Å². The Labute approximate surface area is 117 Å². The normalized spacial score (nSPS) is 11.2. The van der Waals surface area contributed by atoms with Gasteiger partial charge in [-0.15, -0.1) is 0 Å². The standard InChI is InChI=1S/C13H15N3O3S/c1-19-9-10-5-2-3-6-11(10)16-20(17,18)12-7-4-8-15-13(12)14/h2-8,16H,9H2,1H3,(H2,14,15). The number of nitrogens with one attached hydrogen (secondary N) is 1. The molecule has 106 valence electrons. The van der Waals surface area contributed by atoms with Gasteiger partial charge in [0.05, 0.1) is 12.3 Å². The lowest BCUT2D eigenvalue weighted by atomic mass is 10.2. The van der Waals surface area contributed by atoms with Gasteiger partial charge in [-0.25, -0.2) is 13.4 Å².